The number of aliphatic hydroxyl groups excluding tert-OH is 2. The Hall–Kier alpha value is -2.83. The van der Waals surface area contributed by atoms with Gasteiger partial charge in [0.15, 0.2) is 0 Å². The zero-order valence-electron chi connectivity index (χ0n) is 17.3. The number of cyclic esters (lactones) is 1. The summed E-state index contributed by atoms with van der Waals surface area (Å²) in [5.41, 5.74) is 1.86. The molecule has 6 heteroatoms. The maximum Gasteiger partial charge on any atom is 0.338 e. The number of unbranched alkanes of at least 4 members (excludes halogenated alkanes) is 2. The minimum absolute atomic E-state index is 0.0680. The largest absolute Gasteiger partial charge is 0.508 e. The van der Waals surface area contributed by atoms with Crippen LogP contribution in [-0.4, -0.2) is 33.5 Å². The number of rotatable bonds is 5. The molecule has 0 spiro atoms. The van der Waals surface area contributed by atoms with E-state index in [0.717, 1.165) is 24.8 Å². The number of carbonyl (C=O) groups is 1. The third-order valence-corrected chi connectivity index (χ3v) is 5.30. The van der Waals surface area contributed by atoms with Crippen LogP contribution in [0.4, 0.5) is 0 Å². The number of aromatic hydroxyl groups is 1. The summed E-state index contributed by atoms with van der Waals surface area (Å²) < 4.78 is 11.6. The molecule has 6 nitrogen and oxygen atoms in total. The Morgan fingerprint density at radius 3 is 2.67 bits per heavy atom. The molecular weight excluding hydrogens is 384 g/mol. The normalized spacial score (nSPS) is 19.7. The van der Waals surface area contributed by atoms with Crippen LogP contribution in [0.5, 0.6) is 17.2 Å². The molecule has 2 aromatic carbocycles. The third-order valence-electron chi connectivity index (χ3n) is 5.30. The molecular formula is C24H28O6. The number of aryl methyl sites for hydroxylation is 1. The van der Waals surface area contributed by atoms with Crippen LogP contribution in [-0.2, 0) is 11.3 Å². The van der Waals surface area contributed by atoms with Crippen molar-refractivity contribution in [2.24, 2.45) is 0 Å². The van der Waals surface area contributed by atoms with E-state index in [-0.39, 0.29) is 5.75 Å². The smallest absolute Gasteiger partial charge is 0.338 e. The minimum atomic E-state index is -1.05. The summed E-state index contributed by atoms with van der Waals surface area (Å²) >= 11 is 0. The highest BCUT2D eigenvalue weighted by Crippen LogP contribution is 2.35. The molecule has 3 N–H and O–H groups in total. The molecule has 1 aliphatic heterocycles. The van der Waals surface area contributed by atoms with Gasteiger partial charge in [-0.15, -0.1) is 0 Å². The predicted octanol–water partition coefficient (Wildman–Crippen LogP) is 4.48. The zero-order chi connectivity index (χ0) is 21.7. The van der Waals surface area contributed by atoms with Crippen LogP contribution in [0, 0.1) is 6.92 Å². The molecule has 1 heterocycles. The molecule has 0 fully saturated rings. The van der Waals surface area contributed by atoms with Gasteiger partial charge in [-0.05, 0) is 49.6 Å². The van der Waals surface area contributed by atoms with E-state index in [1.54, 1.807) is 30.3 Å². The fourth-order valence-corrected chi connectivity index (χ4v) is 3.50. The lowest BCUT2D eigenvalue weighted by atomic mass is 10.0. The number of carbonyl (C=O) groups excluding carboxylic acids is 1. The summed E-state index contributed by atoms with van der Waals surface area (Å²) in [6.45, 7) is 3.50. The molecule has 0 unspecified atom stereocenters. The van der Waals surface area contributed by atoms with Crippen molar-refractivity contribution in [1.29, 1.82) is 0 Å². The highest BCUT2D eigenvalue weighted by Gasteiger charge is 2.24. The highest BCUT2D eigenvalue weighted by atomic mass is 16.6. The molecule has 0 radical (unpaired) electrons. The maximum atomic E-state index is 12.8. The van der Waals surface area contributed by atoms with Crippen LogP contribution in [0.25, 0.3) is 6.08 Å². The molecule has 0 amide bonds. The van der Waals surface area contributed by atoms with Crippen LogP contribution in [0.15, 0.2) is 36.4 Å². The van der Waals surface area contributed by atoms with Gasteiger partial charge in [0.1, 0.15) is 29.5 Å². The predicted molar refractivity (Wildman–Crippen MR) is 114 cm³/mol. The van der Waals surface area contributed by atoms with Crippen LogP contribution in [0.1, 0.15) is 59.7 Å². The average molecular weight is 412 g/mol. The maximum absolute atomic E-state index is 12.8. The second kappa shape index (κ2) is 9.78. The van der Waals surface area contributed by atoms with E-state index in [1.165, 1.54) is 12.1 Å². The van der Waals surface area contributed by atoms with Gasteiger partial charge >= 0.3 is 5.97 Å². The summed E-state index contributed by atoms with van der Waals surface area (Å²) in [6, 6.07) is 8.14. The van der Waals surface area contributed by atoms with Gasteiger partial charge in [-0.2, -0.15) is 0 Å². The van der Waals surface area contributed by atoms with Crippen molar-refractivity contribution in [1.82, 2.24) is 0 Å². The molecule has 0 saturated heterocycles. The van der Waals surface area contributed by atoms with Gasteiger partial charge in [0.2, 0.25) is 0 Å². The molecule has 1 aliphatic rings. The van der Waals surface area contributed by atoms with Crippen LogP contribution in [0.2, 0.25) is 0 Å². The molecule has 0 saturated carbocycles. The Balaban J connectivity index is 2.10. The summed E-state index contributed by atoms with van der Waals surface area (Å²) in [7, 11) is 0. The van der Waals surface area contributed by atoms with Crippen molar-refractivity contribution in [3.05, 3.63) is 58.7 Å². The molecule has 2 atom stereocenters. The SMILES string of the molecule is CCCCC[C@@H]1OC(=O)c2cc(ccc2C)Oc2ccc(O)c(CO)c2/C=C/[C@@H]1O. The fourth-order valence-electron chi connectivity index (χ4n) is 3.50. The van der Waals surface area contributed by atoms with Gasteiger partial charge in [0, 0.05) is 11.1 Å². The van der Waals surface area contributed by atoms with E-state index < -0.39 is 24.8 Å². The first kappa shape index (κ1) is 21.9. The van der Waals surface area contributed by atoms with E-state index >= 15 is 0 Å². The number of ether oxygens (including phenoxy) is 2. The molecule has 2 bridgehead atoms. The fraction of sp³-hybridized carbons (Fsp3) is 0.375. The van der Waals surface area contributed by atoms with Gasteiger partial charge in [-0.3, -0.25) is 0 Å². The van der Waals surface area contributed by atoms with Crippen LogP contribution in [0.3, 0.4) is 0 Å². The topological polar surface area (TPSA) is 96.2 Å². The number of benzene rings is 2. The quantitative estimate of drug-likeness (QED) is 0.495. The lowest BCUT2D eigenvalue weighted by Gasteiger charge is -2.23. The van der Waals surface area contributed by atoms with E-state index in [2.05, 4.69) is 6.92 Å². The van der Waals surface area contributed by atoms with Crippen LogP contribution < -0.4 is 4.74 Å². The Morgan fingerprint density at radius 1 is 1.13 bits per heavy atom. The average Bonchev–Trinajstić information content (AvgIpc) is 2.73. The van der Waals surface area contributed by atoms with E-state index in [1.807, 2.05) is 6.92 Å². The lowest BCUT2D eigenvalue weighted by Crippen LogP contribution is -2.30. The lowest BCUT2D eigenvalue weighted by molar-refractivity contribution is -0.00748. The van der Waals surface area contributed by atoms with Gasteiger partial charge in [-0.1, -0.05) is 38.0 Å². The van der Waals surface area contributed by atoms with Crippen molar-refractivity contribution in [3.63, 3.8) is 0 Å². The first-order valence-electron chi connectivity index (χ1n) is 10.3. The molecule has 3 rings (SSSR count). The third kappa shape index (κ3) is 4.83. The summed E-state index contributed by atoms with van der Waals surface area (Å²) in [5.74, 6) is 0.253. The standard InChI is InChI=1S/C24H28O6/c1-3-4-5-6-23-21(27)10-9-17-19(14-25)20(26)11-12-22(17)29-16-8-7-15(2)18(13-16)24(28)30-23/h7-13,21,23,25-27H,3-6,14H2,1-2H3/b10-9+/t21-,23-/m0/s1. The number of hydrogen-bond acceptors (Lipinski definition) is 6. The van der Waals surface area contributed by atoms with Gasteiger partial charge in [-0.25, -0.2) is 4.79 Å². The van der Waals surface area contributed by atoms with Crippen LogP contribution >= 0.6 is 0 Å². The molecule has 30 heavy (non-hydrogen) atoms. The zero-order valence-corrected chi connectivity index (χ0v) is 17.3. The summed E-state index contributed by atoms with van der Waals surface area (Å²) in [5, 5.41) is 30.6. The minimum Gasteiger partial charge on any atom is -0.508 e. The van der Waals surface area contributed by atoms with Gasteiger partial charge < -0.3 is 24.8 Å². The molecule has 160 valence electrons. The Kier molecular flexibility index (Phi) is 7.13. The van der Waals surface area contributed by atoms with E-state index in [4.69, 9.17) is 9.47 Å². The Labute approximate surface area is 176 Å². The number of hydrogen-bond donors (Lipinski definition) is 3. The van der Waals surface area contributed by atoms with Gasteiger partial charge in [0.25, 0.3) is 0 Å². The van der Waals surface area contributed by atoms with Crippen molar-refractivity contribution < 1.29 is 29.6 Å². The van der Waals surface area contributed by atoms with Crippen molar-refractivity contribution in [2.45, 2.75) is 58.3 Å². The monoisotopic (exact) mass is 412 g/mol. The van der Waals surface area contributed by atoms with E-state index in [0.29, 0.717) is 34.6 Å². The number of phenols is 1. The van der Waals surface area contributed by atoms with E-state index in [9.17, 15) is 20.1 Å². The second-order valence-corrected chi connectivity index (χ2v) is 7.50. The first-order valence-corrected chi connectivity index (χ1v) is 10.3. The summed E-state index contributed by atoms with van der Waals surface area (Å²) in [6.07, 6.45) is 4.67. The second-order valence-electron chi connectivity index (χ2n) is 7.50. The number of aliphatic hydroxyl groups is 2. The molecule has 2 aromatic rings. The summed E-state index contributed by atoms with van der Waals surface area (Å²) in [4.78, 5) is 12.8. The van der Waals surface area contributed by atoms with Crippen molar-refractivity contribution >= 4 is 12.0 Å². The first-order chi connectivity index (χ1) is 14.4. The highest BCUT2D eigenvalue weighted by molar-refractivity contribution is 5.91. The number of fused-ring (bicyclic) bond motifs is 3. The Morgan fingerprint density at radius 2 is 1.93 bits per heavy atom. The Bertz CT molecular complexity index is 934. The van der Waals surface area contributed by atoms with Crippen molar-refractivity contribution in [3.8, 4) is 17.2 Å². The number of esters is 1. The molecule has 0 aliphatic carbocycles. The molecule has 0 aromatic heterocycles. The van der Waals surface area contributed by atoms with Crippen molar-refractivity contribution in [2.75, 3.05) is 0 Å². The van der Waals surface area contributed by atoms with Gasteiger partial charge in [0.05, 0.1) is 12.2 Å².